The normalized spacial score (nSPS) is 23.1. The molecule has 0 aromatic carbocycles. The van der Waals surface area contributed by atoms with E-state index in [2.05, 4.69) is 34.2 Å². The van der Waals surface area contributed by atoms with Gasteiger partial charge >= 0.3 is 0 Å². The minimum absolute atomic E-state index is 0.287. The van der Waals surface area contributed by atoms with Crippen LogP contribution in [0.15, 0.2) is 12.5 Å². The first-order valence-corrected chi connectivity index (χ1v) is 8.86. The third kappa shape index (κ3) is 3.99. The molecule has 0 bridgehead atoms. The Morgan fingerprint density at radius 2 is 2.21 bits per heavy atom. The summed E-state index contributed by atoms with van der Waals surface area (Å²) in [5, 5.41) is 3.48. The Morgan fingerprint density at radius 3 is 2.95 bits per heavy atom. The predicted molar refractivity (Wildman–Crippen MR) is 83.9 cm³/mol. The van der Waals surface area contributed by atoms with Gasteiger partial charge in [-0.3, -0.25) is 0 Å². The summed E-state index contributed by atoms with van der Waals surface area (Å²) in [6.45, 7) is 5.71. The number of hydrogen-bond donors (Lipinski definition) is 1. The number of aromatic nitrogens is 2. The van der Waals surface area contributed by atoms with Crippen LogP contribution in [0.1, 0.15) is 44.7 Å². The molecule has 19 heavy (non-hydrogen) atoms. The van der Waals surface area contributed by atoms with E-state index in [-0.39, 0.29) is 5.41 Å². The lowest BCUT2D eigenvalue weighted by Gasteiger charge is -2.24. The average molecular weight is 281 g/mol. The minimum Gasteiger partial charge on any atom is -0.334 e. The van der Waals surface area contributed by atoms with Gasteiger partial charge in [0.15, 0.2) is 0 Å². The maximum Gasteiger partial charge on any atom is 0.0948 e. The number of nitrogens with zero attached hydrogens (tertiary/aromatic N) is 2. The molecule has 108 valence electrons. The number of hydrogen-bond acceptors (Lipinski definition) is 3. The summed E-state index contributed by atoms with van der Waals surface area (Å²) in [5.74, 6) is 1.31. The number of imidazole rings is 1. The molecule has 0 radical (unpaired) electrons. The van der Waals surface area contributed by atoms with Gasteiger partial charge in [0.1, 0.15) is 0 Å². The van der Waals surface area contributed by atoms with Crippen molar-refractivity contribution in [3.8, 4) is 0 Å². The summed E-state index contributed by atoms with van der Waals surface area (Å²) < 4.78 is 2.38. The predicted octanol–water partition coefficient (Wildman–Crippen LogP) is 3.06. The lowest BCUT2D eigenvalue weighted by Crippen LogP contribution is -2.28. The number of unbranched alkanes of at least 4 members (excludes halogenated alkanes) is 3. The van der Waals surface area contributed by atoms with Crippen molar-refractivity contribution >= 4 is 11.8 Å². The Balaban J connectivity index is 1.79. The van der Waals surface area contributed by atoms with Gasteiger partial charge in [0, 0.05) is 30.4 Å². The minimum atomic E-state index is 0.287. The molecule has 2 heterocycles. The van der Waals surface area contributed by atoms with Crippen LogP contribution < -0.4 is 5.32 Å². The van der Waals surface area contributed by atoms with Crippen molar-refractivity contribution in [2.45, 2.75) is 51.0 Å². The largest absolute Gasteiger partial charge is 0.334 e. The zero-order chi connectivity index (χ0) is 13.6. The summed E-state index contributed by atoms with van der Waals surface area (Å²) in [5.41, 5.74) is 1.71. The van der Waals surface area contributed by atoms with Crippen LogP contribution in [0.3, 0.4) is 0 Å². The topological polar surface area (TPSA) is 29.9 Å². The Hall–Kier alpha value is -0.480. The van der Waals surface area contributed by atoms with Crippen molar-refractivity contribution < 1.29 is 0 Å². The summed E-state index contributed by atoms with van der Waals surface area (Å²) in [6, 6.07) is 0. The Labute approximate surface area is 121 Å². The zero-order valence-electron chi connectivity index (χ0n) is 12.3. The van der Waals surface area contributed by atoms with Crippen molar-refractivity contribution in [3.05, 3.63) is 18.2 Å². The second-order valence-electron chi connectivity index (χ2n) is 5.87. The summed E-state index contributed by atoms with van der Waals surface area (Å²) in [6.07, 6.45) is 12.8. The van der Waals surface area contributed by atoms with E-state index in [4.69, 9.17) is 0 Å². The molecular weight excluding hydrogens is 254 g/mol. The van der Waals surface area contributed by atoms with Gasteiger partial charge in [0.2, 0.25) is 0 Å². The Kier molecular flexibility index (Phi) is 5.76. The van der Waals surface area contributed by atoms with Crippen LogP contribution in [0.4, 0.5) is 0 Å². The van der Waals surface area contributed by atoms with Crippen LogP contribution in [0.2, 0.25) is 0 Å². The van der Waals surface area contributed by atoms with Gasteiger partial charge in [0.05, 0.1) is 6.33 Å². The molecule has 1 aromatic heterocycles. The van der Waals surface area contributed by atoms with Gasteiger partial charge in [-0.05, 0) is 37.8 Å². The zero-order valence-corrected chi connectivity index (χ0v) is 13.1. The highest BCUT2D eigenvalue weighted by molar-refractivity contribution is 7.98. The fourth-order valence-electron chi connectivity index (χ4n) is 2.92. The fourth-order valence-corrected chi connectivity index (χ4v) is 3.41. The van der Waals surface area contributed by atoms with Gasteiger partial charge in [-0.1, -0.05) is 19.8 Å². The first-order valence-electron chi connectivity index (χ1n) is 7.46. The van der Waals surface area contributed by atoms with Crippen LogP contribution >= 0.6 is 11.8 Å². The van der Waals surface area contributed by atoms with E-state index in [1.807, 2.05) is 18.1 Å². The van der Waals surface area contributed by atoms with Gasteiger partial charge in [-0.25, -0.2) is 4.98 Å². The molecule has 0 spiro atoms. The van der Waals surface area contributed by atoms with Crippen molar-refractivity contribution in [2.75, 3.05) is 25.1 Å². The summed E-state index contributed by atoms with van der Waals surface area (Å²) in [7, 11) is 0. The van der Waals surface area contributed by atoms with Crippen molar-refractivity contribution in [2.24, 2.45) is 0 Å². The van der Waals surface area contributed by atoms with Crippen LogP contribution in [0.25, 0.3) is 0 Å². The molecule has 0 aliphatic carbocycles. The third-order valence-corrected chi connectivity index (χ3v) is 4.89. The van der Waals surface area contributed by atoms with Gasteiger partial charge in [0.25, 0.3) is 0 Å². The molecule has 3 nitrogen and oxygen atoms in total. The molecule has 1 atom stereocenters. The van der Waals surface area contributed by atoms with Crippen molar-refractivity contribution in [1.82, 2.24) is 14.9 Å². The molecule has 1 aromatic rings. The van der Waals surface area contributed by atoms with Crippen LogP contribution in [-0.4, -0.2) is 34.6 Å². The highest BCUT2D eigenvalue weighted by atomic mass is 32.2. The molecule has 1 fully saturated rings. The molecule has 1 aliphatic heterocycles. The lowest BCUT2D eigenvalue weighted by molar-refractivity contribution is 0.461. The lowest BCUT2D eigenvalue weighted by atomic mass is 9.86. The molecular formula is C15H27N3S. The van der Waals surface area contributed by atoms with Crippen LogP contribution in [0.5, 0.6) is 0 Å². The van der Waals surface area contributed by atoms with E-state index in [0.29, 0.717) is 0 Å². The van der Waals surface area contributed by atoms with Crippen molar-refractivity contribution in [3.63, 3.8) is 0 Å². The van der Waals surface area contributed by atoms with E-state index >= 15 is 0 Å². The number of thioether (sulfide) groups is 1. The van der Waals surface area contributed by atoms with E-state index in [9.17, 15) is 0 Å². The highest BCUT2D eigenvalue weighted by Crippen LogP contribution is 2.29. The standard InChI is InChI=1S/C15H27N3S/c1-15(7-8-16-12-15)14-11-17-13-18(14)9-5-3-4-6-10-19-2/h11,13,16H,3-10,12H2,1-2H3. The molecule has 0 saturated carbocycles. The molecule has 1 aliphatic rings. The molecule has 1 saturated heterocycles. The Morgan fingerprint density at radius 1 is 1.37 bits per heavy atom. The van der Waals surface area contributed by atoms with E-state index in [0.717, 1.165) is 19.6 Å². The first kappa shape index (κ1) is 14.9. The smallest absolute Gasteiger partial charge is 0.0948 e. The third-order valence-electron chi connectivity index (χ3n) is 4.20. The van der Waals surface area contributed by atoms with E-state index in [1.165, 1.54) is 43.6 Å². The second kappa shape index (κ2) is 7.34. The number of rotatable bonds is 8. The second-order valence-corrected chi connectivity index (χ2v) is 6.85. The highest BCUT2D eigenvalue weighted by Gasteiger charge is 2.33. The van der Waals surface area contributed by atoms with Gasteiger partial charge < -0.3 is 9.88 Å². The van der Waals surface area contributed by atoms with Crippen LogP contribution in [0, 0.1) is 0 Å². The maximum absolute atomic E-state index is 4.37. The fraction of sp³-hybridized carbons (Fsp3) is 0.800. The van der Waals surface area contributed by atoms with Gasteiger partial charge in [-0.15, -0.1) is 0 Å². The van der Waals surface area contributed by atoms with Gasteiger partial charge in [-0.2, -0.15) is 11.8 Å². The molecule has 2 rings (SSSR count). The quantitative estimate of drug-likeness (QED) is 0.743. The summed E-state index contributed by atoms with van der Waals surface area (Å²) >= 11 is 1.95. The molecule has 4 heteroatoms. The van der Waals surface area contributed by atoms with Crippen LogP contribution in [-0.2, 0) is 12.0 Å². The first-order chi connectivity index (χ1) is 9.26. The maximum atomic E-state index is 4.37. The number of aryl methyl sites for hydroxylation is 1. The Bertz CT molecular complexity index is 369. The van der Waals surface area contributed by atoms with E-state index < -0.39 is 0 Å². The monoisotopic (exact) mass is 281 g/mol. The van der Waals surface area contributed by atoms with Crippen molar-refractivity contribution in [1.29, 1.82) is 0 Å². The average Bonchev–Trinajstić information content (AvgIpc) is 3.03. The number of nitrogens with one attached hydrogen (secondary N) is 1. The SMILES string of the molecule is CSCCCCCCn1cncc1C1(C)CCNC1. The molecule has 0 amide bonds. The van der Waals surface area contributed by atoms with E-state index in [1.54, 1.807) is 0 Å². The summed E-state index contributed by atoms with van der Waals surface area (Å²) in [4.78, 5) is 4.37. The molecule has 1 unspecified atom stereocenters. The molecule has 1 N–H and O–H groups in total.